The fourth-order valence-electron chi connectivity index (χ4n) is 2.70. The summed E-state index contributed by atoms with van der Waals surface area (Å²) in [6, 6.07) is 15.8. The molecule has 0 bridgehead atoms. The highest BCUT2D eigenvalue weighted by Gasteiger charge is 2.08. The first-order chi connectivity index (χ1) is 12.2. The van der Waals surface area contributed by atoms with E-state index in [9.17, 15) is 4.79 Å². The molecule has 3 aromatic rings. The molecule has 3 rings (SSSR count). The van der Waals surface area contributed by atoms with Gasteiger partial charge in [-0.25, -0.2) is 4.79 Å². The first kappa shape index (κ1) is 17.6. The first-order valence-corrected chi connectivity index (χ1v) is 9.40. The van der Waals surface area contributed by atoms with E-state index in [2.05, 4.69) is 31.2 Å². The molecule has 0 unspecified atom stereocenters. The van der Waals surface area contributed by atoms with Gasteiger partial charge in [0.1, 0.15) is 11.3 Å². The van der Waals surface area contributed by atoms with Crippen molar-refractivity contribution in [3.8, 4) is 5.75 Å². The van der Waals surface area contributed by atoms with Gasteiger partial charge in [-0.05, 0) is 48.7 Å². The van der Waals surface area contributed by atoms with Crippen molar-refractivity contribution in [3.63, 3.8) is 0 Å². The highest BCUT2D eigenvalue weighted by atomic mass is 32.2. The molecule has 0 aliphatic carbocycles. The van der Waals surface area contributed by atoms with Gasteiger partial charge in [0.15, 0.2) is 0 Å². The predicted molar refractivity (Wildman–Crippen MR) is 103 cm³/mol. The van der Waals surface area contributed by atoms with Crippen molar-refractivity contribution in [2.45, 2.75) is 42.4 Å². The number of fused-ring (bicyclic) bond motifs is 1. The van der Waals surface area contributed by atoms with E-state index in [4.69, 9.17) is 9.15 Å². The second kappa shape index (κ2) is 8.26. The number of ether oxygens (including phenoxy) is 1. The summed E-state index contributed by atoms with van der Waals surface area (Å²) in [5.74, 6) is 0.676. The largest absolute Gasteiger partial charge is 0.497 e. The number of methoxy groups -OCH3 is 1. The Kier molecular flexibility index (Phi) is 5.82. The number of aryl methyl sites for hydroxylation is 1. The van der Waals surface area contributed by atoms with Gasteiger partial charge in [-0.1, -0.05) is 43.7 Å². The van der Waals surface area contributed by atoms with E-state index in [1.807, 2.05) is 18.2 Å². The van der Waals surface area contributed by atoms with Crippen LogP contribution in [0.2, 0.25) is 0 Å². The summed E-state index contributed by atoms with van der Waals surface area (Å²) in [4.78, 5) is 13.9. The van der Waals surface area contributed by atoms with Crippen molar-refractivity contribution in [1.82, 2.24) is 0 Å². The van der Waals surface area contributed by atoms with Gasteiger partial charge in [-0.2, -0.15) is 0 Å². The molecule has 1 aromatic heterocycles. The Balaban J connectivity index is 1.78. The van der Waals surface area contributed by atoms with Crippen LogP contribution in [-0.4, -0.2) is 7.11 Å². The smallest absolute Gasteiger partial charge is 0.350 e. The van der Waals surface area contributed by atoms with Crippen LogP contribution in [0.1, 0.15) is 31.7 Å². The van der Waals surface area contributed by atoms with E-state index >= 15 is 0 Å². The van der Waals surface area contributed by atoms with E-state index in [-0.39, 0.29) is 5.63 Å². The van der Waals surface area contributed by atoms with Gasteiger partial charge < -0.3 is 9.15 Å². The zero-order valence-electron chi connectivity index (χ0n) is 14.6. The van der Waals surface area contributed by atoms with Crippen LogP contribution in [0.5, 0.6) is 5.75 Å². The summed E-state index contributed by atoms with van der Waals surface area (Å²) in [6.07, 6.45) is 4.83. The minimum atomic E-state index is -0.322. The summed E-state index contributed by atoms with van der Waals surface area (Å²) in [5, 5.41) is 0.888. The number of hydrogen-bond donors (Lipinski definition) is 0. The number of benzene rings is 2. The second-order valence-corrected chi connectivity index (χ2v) is 7.12. The lowest BCUT2D eigenvalue weighted by atomic mass is 10.1. The van der Waals surface area contributed by atoms with E-state index in [0.29, 0.717) is 16.2 Å². The van der Waals surface area contributed by atoms with Crippen LogP contribution >= 0.6 is 11.8 Å². The monoisotopic (exact) mass is 354 g/mol. The van der Waals surface area contributed by atoms with Gasteiger partial charge in [0.05, 0.1) is 12.0 Å². The van der Waals surface area contributed by atoms with E-state index in [0.717, 1.165) is 16.7 Å². The van der Waals surface area contributed by atoms with E-state index in [1.165, 1.54) is 36.6 Å². The number of unbranched alkanes of at least 4 members (excludes halogenated alkanes) is 2. The normalized spacial score (nSPS) is 11.0. The maximum atomic E-state index is 12.3. The Bertz CT molecular complexity index is 897. The standard InChI is InChI=1S/C21H22O3S/c1-3-4-5-6-15-7-11-18(12-8-15)25-20-13-16-9-10-17(23-2)14-19(16)24-21(20)22/h7-14H,3-6H2,1-2H3. The molecule has 0 fully saturated rings. The molecule has 0 atom stereocenters. The molecule has 0 saturated heterocycles. The van der Waals surface area contributed by atoms with Crippen LogP contribution in [0, 0.1) is 0 Å². The zero-order valence-corrected chi connectivity index (χ0v) is 15.4. The number of hydrogen-bond acceptors (Lipinski definition) is 4. The van der Waals surface area contributed by atoms with Crippen molar-refractivity contribution in [3.05, 3.63) is 64.5 Å². The highest BCUT2D eigenvalue weighted by Crippen LogP contribution is 2.29. The highest BCUT2D eigenvalue weighted by molar-refractivity contribution is 7.99. The van der Waals surface area contributed by atoms with Crippen LogP contribution in [0.4, 0.5) is 0 Å². The summed E-state index contributed by atoms with van der Waals surface area (Å²) in [7, 11) is 1.59. The summed E-state index contributed by atoms with van der Waals surface area (Å²) >= 11 is 1.44. The molecule has 0 aliphatic heterocycles. The molecule has 130 valence electrons. The van der Waals surface area contributed by atoms with Crippen molar-refractivity contribution >= 4 is 22.7 Å². The van der Waals surface area contributed by atoms with Crippen LogP contribution < -0.4 is 10.4 Å². The lowest BCUT2D eigenvalue weighted by Crippen LogP contribution is -2.01. The molecule has 0 N–H and O–H groups in total. The summed E-state index contributed by atoms with van der Waals surface area (Å²) in [6.45, 7) is 2.21. The summed E-state index contributed by atoms with van der Waals surface area (Å²) < 4.78 is 10.6. The van der Waals surface area contributed by atoms with Gasteiger partial charge in [-0.15, -0.1) is 0 Å². The van der Waals surface area contributed by atoms with E-state index < -0.39 is 0 Å². The molecule has 0 radical (unpaired) electrons. The van der Waals surface area contributed by atoms with E-state index in [1.54, 1.807) is 13.2 Å². The molecular formula is C21H22O3S. The van der Waals surface area contributed by atoms with Crippen molar-refractivity contribution in [2.75, 3.05) is 7.11 Å². The third-order valence-corrected chi connectivity index (χ3v) is 5.14. The lowest BCUT2D eigenvalue weighted by Gasteiger charge is -2.05. The average Bonchev–Trinajstić information content (AvgIpc) is 2.63. The van der Waals surface area contributed by atoms with Crippen molar-refractivity contribution < 1.29 is 9.15 Å². The maximum Gasteiger partial charge on any atom is 0.350 e. The van der Waals surface area contributed by atoms with Gasteiger partial charge in [-0.3, -0.25) is 0 Å². The van der Waals surface area contributed by atoms with Gasteiger partial charge >= 0.3 is 5.63 Å². The molecule has 3 nitrogen and oxygen atoms in total. The number of rotatable bonds is 7. The minimum Gasteiger partial charge on any atom is -0.497 e. The molecule has 0 amide bonds. The second-order valence-electron chi connectivity index (χ2n) is 6.00. The molecular weight excluding hydrogens is 332 g/mol. The fraction of sp³-hybridized carbons (Fsp3) is 0.286. The van der Waals surface area contributed by atoms with Crippen LogP contribution in [0.3, 0.4) is 0 Å². The van der Waals surface area contributed by atoms with Gasteiger partial charge in [0, 0.05) is 16.3 Å². The van der Waals surface area contributed by atoms with Crippen LogP contribution in [0.15, 0.2) is 67.5 Å². The molecule has 4 heteroatoms. The van der Waals surface area contributed by atoms with Crippen LogP contribution in [0.25, 0.3) is 11.0 Å². The third kappa shape index (κ3) is 4.45. The van der Waals surface area contributed by atoms with Gasteiger partial charge in [0.25, 0.3) is 0 Å². The summed E-state index contributed by atoms with van der Waals surface area (Å²) in [5.41, 5.74) is 1.56. The molecule has 0 aliphatic rings. The Morgan fingerprint density at radius 1 is 1.04 bits per heavy atom. The molecule has 2 aromatic carbocycles. The van der Waals surface area contributed by atoms with Gasteiger partial charge in [0.2, 0.25) is 0 Å². The zero-order chi connectivity index (χ0) is 17.6. The molecule has 0 saturated carbocycles. The fourth-order valence-corrected chi connectivity index (χ4v) is 3.54. The first-order valence-electron chi connectivity index (χ1n) is 8.58. The maximum absolute atomic E-state index is 12.3. The quantitative estimate of drug-likeness (QED) is 0.404. The minimum absolute atomic E-state index is 0.322. The topological polar surface area (TPSA) is 39.4 Å². The molecule has 0 spiro atoms. The van der Waals surface area contributed by atoms with Crippen molar-refractivity contribution in [2.24, 2.45) is 0 Å². The predicted octanol–water partition coefficient (Wildman–Crippen LogP) is 5.69. The van der Waals surface area contributed by atoms with Crippen LogP contribution in [-0.2, 0) is 6.42 Å². The third-order valence-electron chi connectivity index (χ3n) is 4.13. The Morgan fingerprint density at radius 3 is 2.56 bits per heavy atom. The Labute approximate surface area is 152 Å². The lowest BCUT2D eigenvalue weighted by molar-refractivity contribution is 0.414. The Hall–Kier alpha value is -2.20. The molecule has 25 heavy (non-hydrogen) atoms. The Morgan fingerprint density at radius 2 is 1.84 bits per heavy atom. The molecule has 1 heterocycles. The SMILES string of the molecule is CCCCCc1ccc(Sc2cc3ccc(OC)cc3oc2=O)cc1. The average molecular weight is 354 g/mol. The van der Waals surface area contributed by atoms with Crippen molar-refractivity contribution in [1.29, 1.82) is 0 Å².